The van der Waals surface area contributed by atoms with Gasteiger partial charge < -0.3 is 5.32 Å². The molecule has 19 heavy (non-hydrogen) atoms. The molecule has 5 nitrogen and oxygen atoms in total. The van der Waals surface area contributed by atoms with Gasteiger partial charge in [-0.05, 0) is 44.7 Å². The fourth-order valence-corrected chi connectivity index (χ4v) is 2.71. The van der Waals surface area contributed by atoms with E-state index in [1.807, 2.05) is 6.07 Å². The van der Waals surface area contributed by atoms with Gasteiger partial charge in [-0.1, -0.05) is 6.92 Å². The number of rotatable bonds is 4. The summed E-state index contributed by atoms with van der Waals surface area (Å²) in [6.07, 6.45) is 4.13. The average Bonchev–Trinajstić information content (AvgIpc) is 3.05. The van der Waals surface area contributed by atoms with Crippen LogP contribution in [0.15, 0.2) is 16.9 Å². The van der Waals surface area contributed by atoms with E-state index >= 15 is 0 Å². The number of hydrogen-bond acceptors (Lipinski definition) is 3. The Morgan fingerprint density at radius 2 is 2.37 bits per heavy atom. The molecule has 2 N–H and O–H groups in total. The highest BCUT2D eigenvalue weighted by Gasteiger charge is 2.15. The van der Waals surface area contributed by atoms with Crippen LogP contribution in [0, 0.1) is 5.92 Å². The highest BCUT2D eigenvalue weighted by atomic mass is 16.1. The molecular formula is C14H20N4O. The van der Waals surface area contributed by atoms with Crippen molar-refractivity contribution >= 4 is 5.65 Å². The normalized spacial score (nSPS) is 19.3. The number of aromatic amines is 1. The second-order valence-electron chi connectivity index (χ2n) is 5.31. The number of H-pyrrole nitrogens is 1. The predicted octanol–water partition coefficient (Wildman–Crippen LogP) is 1.13. The van der Waals surface area contributed by atoms with Gasteiger partial charge in [0, 0.05) is 23.5 Å². The van der Waals surface area contributed by atoms with Crippen LogP contribution in [0.3, 0.4) is 0 Å². The van der Waals surface area contributed by atoms with E-state index in [4.69, 9.17) is 0 Å². The van der Waals surface area contributed by atoms with Gasteiger partial charge in [0.1, 0.15) is 0 Å². The molecule has 0 bridgehead atoms. The van der Waals surface area contributed by atoms with E-state index in [9.17, 15) is 4.79 Å². The van der Waals surface area contributed by atoms with Crippen molar-refractivity contribution in [1.82, 2.24) is 19.9 Å². The van der Waals surface area contributed by atoms with E-state index in [1.54, 1.807) is 6.07 Å². The summed E-state index contributed by atoms with van der Waals surface area (Å²) in [6.45, 7) is 4.28. The zero-order valence-electron chi connectivity index (χ0n) is 11.3. The van der Waals surface area contributed by atoms with E-state index in [0.29, 0.717) is 0 Å². The lowest BCUT2D eigenvalue weighted by Crippen LogP contribution is -2.16. The third-order valence-electron chi connectivity index (χ3n) is 3.91. The SMILES string of the molecule is CCc1cc2nc(CCC3CCNC3)cc(=O)n2[nH]1. The number of hydrogen-bond donors (Lipinski definition) is 2. The zero-order valence-corrected chi connectivity index (χ0v) is 11.3. The van der Waals surface area contributed by atoms with Crippen molar-refractivity contribution in [2.45, 2.75) is 32.6 Å². The zero-order chi connectivity index (χ0) is 13.2. The fourth-order valence-electron chi connectivity index (χ4n) is 2.71. The van der Waals surface area contributed by atoms with Crippen LogP contribution in [-0.2, 0) is 12.8 Å². The number of fused-ring (bicyclic) bond motifs is 1. The van der Waals surface area contributed by atoms with Crippen LogP contribution in [-0.4, -0.2) is 27.7 Å². The molecule has 102 valence electrons. The Bertz CT molecular complexity index is 622. The molecule has 0 amide bonds. The lowest BCUT2D eigenvalue weighted by molar-refractivity contribution is 0.529. The largest absolute Gasteiger partial charge is 0.316 e. The second-order valence-corrected chi connectivity index (χ2v) is 5.31. The predicted molar refractivity (Wildman–Crippen MR) is 74.5 cm³/mol. The third kappa shape index (κ3) is 2.56. The Morgan fingerprint density at radius 3 is 3.11 bits per heavy atom. The Labute approximate surface area is 112 Å². The molecule has 1 fully saturated rings. The van der Waals surface area contributed by atoms with Crippen molar-refractivity contribution in [3.05, 3.63) is 33.9 Å². The van der Waals surface area contributed by atoms with Crippen molar-refractivity contribution in [2.75, 3.05) is 13.1 Å². The molecule has 0 radical (unpaired) electrons. The number of nitrogens with one attached hydrogen (secondary N) is 2. The fraction of sp³-hybridized carbons (Fsp3) is 0.571. The molecule has 0 saturated carbocycles. The molecule has 3 rings (SSSR count). The van der Waals surface area contributed by atoms with Crippen LogP contribution in [0.2, 0.25) is 0 Å². The first-order chi connectivity index (χ1) is 9.26. The van der Waals surface area contributed by atoms with Crippen molar-refractivity contribution in [1.29, 1.82) is 0 Å². The number of nitrogens with zero attached hydrogens (tertiary/aromatic N) is 2. The molecule has 1 saturated heterocycles. The maximum atomic E-state index is 12.0. The van der Waals surface area contributed by atoms with Crippen molar-refractivity contribution < 1.29 is 0 Å². The summed E-state index contributed by atoms with van der Waals surface area (Å²) in [5.74, 6) is 0.734. The summed E-state index contributed by atoms with van der Waals surface area (Å²) >= 11 is 0. The van der Waals surface area contributed by atoms with E-state index in [2.05, 4.69) is 22.3 Å². The topological polar surface area (TPSA) is 62.2 Å². The summed E-state index contributed by atoms with van der Waals surface area (Å²) in [5, 5.41) is 6.44. The Kier molecular flexibility index (Phi) is 3.38. The monoisotopic (exact) mass is 260 g/mol. The molecule has 1 atom stereocenters. The Hall–Kier alpha value is -1.62. The van der Waals surface area contributed by atoms with E-state index in [-0.39, 0.29) is 5.56 Å². The van der Waals surface area contributed by atoms with Crippen molar-refractivity contribution in [3.8, 4) is 0 Å². The molecule has 2 aromatic rings. The molecule has 1 aliphatic rings. The van der Waals surface area contributed by atoms with Gasteiger partial charge in [0.05, 0.1) is 0 Å². The molecule has 0 aromatic carbocycles. The van der Waals surface area contributed by atoms with Gasteiger partial charge in [0.25, 0.3) is 5.56 Å². The highest BCUT2D eigenvalue weighted by Crippen LogP contribution is 2.15. The van der Waals surface area contributed by atoms with Crippen LogP contribution >= 0.6 is 0 Å². The highest BCUT2D eigenvalue weighted by molar-refractivity contribution is 5.39. The van der Waals surface area contributed by atoms with Gasteiger partial charge in [-0.2, -0.15) is 0 Å². The lowest BCUT2D eigenvalue weighted by Gasteiger charge is -2.07. The Morgan fingerprint density at radius 1 is 1.47 bits per heavy atom. The van der Waals surface area contributed by atoms with E-state index < -0.39 is 0 Å². The summed E-state index contributed by atoms with van der Waals surface area (Å²) in [6, 6.07) is 3.62. The van der Waals surface area contributed by atoms with E-state index in [0.717, 1.165) is 55.3 Å². The average molecular weight is 260 g/mol. The van der Waals surface area contributed by atoms with Crippen LogP contribution in [0.1, 0.15) is 31.2 Å². The maximum Gasteiger partial charge on any atom is 0.272 e. The van der Waals surface area contributed by atoms with Gasteiger partial charge in [-0.25, -0.2) is 9.50 Å². The van der Waals surface area contributed by atoms with Gasteiger partial charge in [0.2, 0.25) is 0 Å². The minimum atomic E-state index is -0.00996. The third-order valence-corrected chi connectivity index (χ3v) is 3.91. The van der Waals surface area contributed by atoms with Gasteiger partial charge in [-0.15, -0.1) is 0 Å². The second kappa shape index (κ2) is 5.17. The molecule has 1 unspecified atom stereocenters. The molecule has 1 aliphatic heterocycles. The number of aryl methyl sites for hydroxylation is 2. The molecule has 3 heterocycles. The van der Waals surface area contributed by atoms with Crippen LogP contribution in [0.25, 0.3) is 5.65 Å². The first kappa shape index (κ1) is 12.4. The minimum Gasteiger partial charge on any atom is -0.316 e. The molecule has 0 spiro atoms. The smallest absolute Gasteiger partial charge is 0.272 e. The van der Waals surface area contributed by atoms with Gasteiger partial charge in [-0.3, -0.25) is 9.89 Å². The molecule has 5 heteroatoms. The van der Waals surface area contributed by atoms with E-state index in [1.165, 1.54) is 10.9 Å². The quantitative estimate of drug-likeness (QED) is 0.866. The first-order valence-corrected chi connectivity index (χ1v) is 7.07. The minimum absolute atomic E-state index is 0.00996. The standard InChI is InChI=1S/C14H20N4O/c1-2-11-7-13-16-12(8-14(19)18(13)17-11)4-3-10-5-6-15-9-10/h7-8,10,15,17H,2-6,9H2,1H3. The molecule has 2 aromatic heterocycles. The van der Waals surface area contributed by atoms with Crippen LogP contribution in [0.5, 0.6) is 0 Å². The summed E-state index contributed by atoms with van der Waals surface area (Å²) in [7, 11) is 0. The summed E-state index contributed by atoms with van der Waals surface area (Å²) in [5.41, 5.74) is 2.69. The first-order valence-electron chi connectivity index (χ1n) is 7.07. The number of aromatic nitrogens is 3. The lowest BCUT2D eigenvalue weighted by atomic mass is 10.0. The summed E-state index contributed by atoms with van der Waals surface area (Å²) in [4.78, 5) is 16.6. The van der Waals surface area contributed by atoms with Crippen LogP contribution in [0.4, 0.5) is 0 Å². The van der Waals surface area contributed by atoms with Crippen molar-refractivity contribution in [2.24, 2.45) is 5.92 Å². The van der Waals surface area contributed by atoms with Gasteiger partial charge in [0.15, 0.2) is 5.65 Å². The molecular weight excluding hydrogens is 240 g/mol. The maximum absolute atomic E-state index is 12.0. The van der Waals surface area contributed by atoms with Crippen molar-refractivity contribution in [3.63, 3.8) is 0 Å². The van der Waals surface area contributed by atoms with Crippen LogP contribution < -0.4 is 10.9 Å². The summed E-state index contributed by atoms with van der Waals surface area (Å²) < 4.78 is 1.53. The van der Waals surface area contributed by atoms with Gasteiger partial charge >= 0.3 is 0 Å². The molecule has 0 aliphatic carbocycles. The Balaban J connectivity index is 1.81.